The van der Waals surface area contributed by atoms with E-state index in [1.165, 1.54) is 12.8 Å². The summed E-state index contributed by atoms with van der Waals surface area (Å²) in [4.78, 5) is 0. The monoisotopic (exact) mass is 202 g/mol. The molecule has 80 valence electrons. The largest absolute Gasteiger partial charge is 0.162 e. The zero-order valence-corrected chi connectivity index (χ0v) is 10.9. The van der Waals surface area contributed by atoms with E-state index in [4.69, 9.17) is 0 Å². The Balaban J connectivity index is 3.99. The van der Waals surface area contributed by atoms with Crippen molar-refractivity contribution < 1.29 is 0 Å². The van der Waals surface area contributed by atoms with Gasteiger partial charge in [0.05, 0.1) is 0 Å². The van der Waals surface area contributed by atoms with Crippen molar-refractivity contribution in [3.05, 3.63) is 0 Å². The van der Waals surface area contributed by atoms with Crippen molar-refractivity contribution in [2.75, 3.05) is 6.26 Å². The molecule has 0 radical (unpaired) electrons. The smallest absolute Gasteiger partial charge is 0.00442 e. The van der Waals surface area contributed by atoms with Crippen LogP contribution in [0.4, 0.5) is 0 Å². The van der Waals surface area contributed by atoms with Crippen LogP contribution in [0.2, 0.25) is 0 Å². The third-order valence-electron chi connectivity index (χ3n) is 3.58. The van der Waals surface area contributed by atoms with E-state index >= 15 is 0 Å². The van der Waals surface area contributed by atoms with Crippen LogP contribution in [-0.4, -0.2) is 11.5 Å². The van der Waals surface area contributed by atoms with Gasteiger partial charge in [-0.15, -0.1) is 0 Å². The van der Waals surface area contributed by atoms with E-state index in [1.807, 2.05) is 11.8 Å². The van der Waals surface area contributed by atoms with E-state index < -0.39 is 0 Å². The first kappa shape index (κ1) is 13.4. The molecule has 0 rings (SSSR count). The summed E-state index contributed by atoms with van der Waals surface area (Å²) >= 11 is 2.00. The molecule has 0 spiro atoms. The Morgan fingerprint density at radius 3 is 1.92 bits per heavy atom. The molecule has 0 amide bonds. The van der Waals surface area contributed by atoms with Gasteiger partial charge in [0.2, 0.25) is 0 Å². The van der Waals surface area contributed by atoms with Crippen LogP contribution in [0.5, 0.6) is 0 Å². The Morgan fingerprint density at radius 1 is 1.00 bits per heavy atom. The van der Waals surface area contributed by atoms with E-state index in [9.17, 15) is 0 Å². The third kappa shape index (κ3) is 4.39. The standard InChI is InChI=1S/C12H26S/c1-7-8-9(2)10(3)11(4)12(5)13-6/h9-12H,7-8H2,1-6H3. The predicted molar refractivity (Wildman–Crippen MR) is 65.4 cm³/mol. The topological polar surface area (TPSA) is 0 Å². The van der Waals surface area contributed by atoms with Crippen LogP contribution < -0.4 is 0 Å². The summed E-state index contributed by atoms with van der Waals surface area (Å²) in [5, 5.41) is 0.800. The van der Waals surface area contributed by atoms with Crippen molar-refractivity contribution in [1.29, 1.82) is 0 Å². The van der Waals surface area contributed by atoms with Gasteiger partial charge in [0.15, 0.2) is 0 Å². The molecule has 0 fully saturated rings. The fraction of sp³-hybridized carbons (Fsp3) is 1.00. The SMILES string of the molecule is CCCC(C)C(C)C(C)C(C)SC. The molecule has 0 aromatic carbocycles. The van der Waals surface area contributed by atoms with E-state index in [2.05, 4.69) is 40.9 Å². The molecular formula is C12H26S. The summed E-state index contributed by atoms with van der Waals surface area (Å²) in [6.07, 6.45) is 4.93. The first-order valence-electron chi connectivity index (χ1n) is 5.57. The molecule has 0 aromatic rings. The van der Waals surface area contributed by atoms with Gasteiger partial charge in [0.25, 0.3) is 0 Å². The molecule has 4 unspecified atom stereocenters. The molecule has 0 aliphatic carbocycles. The van der Waals surface area contributed by atoms with Crippen LogP contribution >= 0.6 is 11.8 Å². The quantitative estimate of drug-likeness (QED) is 0.613. The third-order valence-corrected chi connectivity index (χ3v) is 4.76. The molecule has 0 bridgehead atoms. The molecule has 13 heavy (non-hydrogen) atoms. The van der Waals surface area contributed by atoms with Crippen LogP contribution in [0, 0.1) is 17.8 Å². The van der Waals surface area contributed by atoms with Crippen molar-refractivity contribution in [1.82, 2.24) is 0 Å². The molecule has 0 heterocycles. The zero-order chi connectivity index (χ0) is 10.4. The van der Waals surface area contributed by atoms with E-state index in [0.717, 1.165) is 23.0 Å². The number of thioether (sulfide) groups is 1. The van der Waals surface area contributed by atoms with Gasteiger partial charge < -0.3 is 0 Å². The highest BCUT2D eigenvalue weighted by molar-refractivity contribution is 7.99. The molecule has 0 aromatic heterocycles. The van der Waals surface area contributed by atoms with Crippen LogP contribution in [0.15, 0.2) is 0 Å². The summed E-state index contributed by atoms with van der Waals surface area (Å²) in [7, 11) is 0. The van der Waals surface area contributed by atoms with Crippen molar-refractivity contribution in [3.63, 3.8) is 0 Å². The minimum Gasteiger partial charge on any atom is -0.162 e. The van der Waals surface area contributed by atoms with Crippen LogP contribution in [-0.2, 0) is 0 Å². The van der Waals surface area contributed by atoms with Gasteiger partial charge in [-0.2, -0.15) is 11.8 Å². The lowest BCUT2D eigenvalue weighted by Gasteiger charge is -2.29. The predicted octanol–water partition coefficient (Wildman–Crippen LogP) is 4.45. The van der Waals surface area contributed by atoms with Gasteiger partial charge in [0, 0.05) is 5.25 Å². The fourth-order valence-corrected chi connectivity index (χ4v) is 2.56. The average Bonchev–Trinajstić information content (AvgIpc) is 2.14. The Labute approximate surface area is 88.9 Å². The minimum atomic E-state index is 0.800. The van der Waals surface area contributed by atoms with Crippen molar-refractivity contribution >= 4 is 11.8 Å². The van der Waals surface area contributed by atoms with E-state index in [0.29, 0.717) is 0 Å². The van der Waals surface area contributed by atoms with Gasteiger partial charge in [-0.1, -0.05) is 47.5 Å². The first-order chi connectivity index (χ1) is 6.04. The van der Waals surface area contributed by atoms with E-state index in [1.54, 1.807) is 0 Å². The Morgan fingerprint density at radius 2 is 1.54 bits per heavy atom. The van der Waals surface area contributed by atoms with Gasteiger partial charge >= 0.3 is 0 Å². The van der Waals surface area contributed by atoms with Crippen molar-refractivity contribution in [3.8, 4) is 0 Å². The van der Waals surface area contributed by atoms with Gasteiger partial charge in [-0.3, -0.25) is 0 Å². The molecular weight excluding hydrogens is 176 g/mol. The highest BCUT2D eigenvalue weighted by Gasteiger charge is 2.22. The number of rotatable bonds is 6. The lowest BCUT2D eigenvalue weighted by Crippen LogP contribution is -2.23. The van der Waals surface area contributed by atoms with Crippen LogP contribution in [0.1, 0.15) is 47.5 Å². The lowest BCUT2D eigenvalue weighted by atomic mass is 9.81. The maximum Gasteiger partial charge on any atom is 0.00442 e. The Hall–Kier alpha value is 0.350. The molecule has 0 nitrogen and oxygen atoms in total. The second-order valence-corrected chi connectivity index (χ2v) is 5.64. The maximum atomic E-state index is 2.41. The lowest BCUT2D eigenvalue weighted by molar-refractivity contribution is 0.264. The zero-order valence-electron chi connectivity index (χ0n) is 10.1. The van der Waals surface area contributed by atoms with Crippen molar-refractivity contribution in [2.24, 2.45) is 17.8 Å². The molecule has 4 atom stereocenters. The maximum absolute atomic E-state index is 2.41. The fourth-order valence-electron chi connectivity index (χ4n) is 1.88. The molecule has 0 saturated carbocycles. The Bertz CT molecular complexity index is 122. The van der Waals surface area contributed by atoms with Crippen molar-refractivity contribution in [2.45, 2.75) is 52.7 Å². The summed E-state index contributed by atoms with van der Waals surface area (Å²) in [5.41, 5.74) is 0. The second kappa shape index (κ2) is 6.75. The second-order valence-electron chi connectivity index (χ2n) is 4.43. The first-order valence-corrected chi connectivity index (χ1v) is 6.86. The van der Waals surface area contributed by atoms with Gasteiger partial charge in [-0.05, 0) is 24.0 Å². The number of hydrogen-bond acceptors (Lipinski definition) is 1. The summed E-state index contributed by atoms with van der Waals surface area (Å²) < 4.78 is 0. The highest BCUT2D eigenvalue weighted by atomic mass is 32.2. The van der Waals surface area contributed by atoms with Crippen LogP contribution in [0.3, 0.4) is 0 Å². The summed E-state index contributed by atoms with van der Waals surface area (Å²) in [6, 6.07) is 0. The number of hydrogen-bond donors (Lipinski definition) is 0. The van der Waals surface area contributed by atoms with Crippen LogP contribution in [0.25, 0.3) is 0 Å². The normalized spacial score (nSPS) is 20.8. The molecule has 0 aliphatic heterocycles. The molecule has 0 aliphatic rings. The molecule has 0 saturated heterocycles. The van der Waals surface area contributed by atoms with Gasteiger partial charge in [0.1, 0.15) is 0 Å². The summed E-state index contributed by atoms with van der Waals surface area (Å²) in [6.45, 7) is 11.9. The highest BCUT2D eigenvalue weighted by Crippen LogP contribution is 2.30. The van der Waals surface area contributed by atoms with Gasteiger partial charge in [-0.25, -0.2) is 0 Å². The average molecular weight is 202 g/mol. The Kier molecular flexibility index (Phi) is 6.93. The minimum absolute atomic E-state index is 0.800. The molecule has 0 N–H and O–H groups in total. The summed E-state index contributed by atoms with van der Waals surface area (Å²) in [5.74, 6) is 2.59. The van der Waals surface area contributed by atoms with E-state index in [-0.39, 0.29) is 0 Å². The molecule has 1 heteroatoms.